The van der Waals surface area contributed by atoms with E-state index in [0.717, 1.165) is 31.3 Å². The fourth-order valence-corrected chi connectivity index (χ4v) is 3.42. The molecule has 19 heavy (non-hydrogen) atoms. The van der Waals surface area contributed by atoms with Crippen LogP contribution in [-0.4, -0.2) is 35.6 Å². The molecule has 0 heterocycles. The van der Waals surface area contributed by atoms with Crippen LogP contribution in [0.4, 0.5) is 0 Å². The zero-order valence-electron chi connectivity index (χ0n) is 12.8. The van der Waals surface area contributed by atoms with E-state index in [0.29, 0.717) is 6.04 Å². The molecule has 2 rings (SSSR count). The van der Waals surface area contributed by atoms with E-state index in [1.165, 1.54) is 32.2 Å². The standard InChI is InChI=1S/C16H29N3/c1-4-18-16(12-17)9-7-15(11-16)19(14-5-6-14)10-8-13(2)3/h13-15,18H,4-11H2,1-3H3. The quantitative estimate of drug-likeness (QED) is 0.767. The van der Waals surface area contributed by atoms with Crippen molar-refractivity contribution in [1.29, 1.82) is 5.26 Å². The number of nitrogens with zero attached hydrogens (tertiary/aromatic N) is 2. The van der Waals surface area contributed by atoms with Gasteiger partial charge in [-0.15, -0.1) is 0 Å². The van der Waals surface area contributed by atoms with E-state index < -0.39 is 0 Å². The number of nitriles is 1. The first kappa shape index (κ1) is 14.8. The molecule has 2 atom stereocenters. The summed E-state index contributed by atoms with van der Waals surface area (Å²) in [6.45, 7) is 8.83. The SMILES string of the molecule is CCNC1(C#N)CCC(N(CCC(C)C)C2CC2)C1. The summed E-state index contributed by atoms with van der Waals surface area (Å²) in [5.41, 5.74) is -0.246. The Morgan fingerprint density at radius 3 is 2.58 bits per heavy atom. The third-order valence-corrected chi connectivity index (χ3v) is 4.67. The summed E-state index contributed by atoms with van der Waals surface area (Å²) in [6.07, 6.45) is 7.26. The lowest BCUT2D eigenvalue weighted by atomic mass is 9.99. The average molecular weight is 263 g/mol. The monoisotopic (exact) mass is 263 g/mol. The second kappa shape index (κ2) is 6.24. The van der Waals surface area contributed by atoms with Crippen molar-refractivity contribution in [3.63, 3.8) is 0 Å². The Bertz CT molecular complexity index is 329. The summed E-state index contributed by atoms with van der Waals surface area (Å²) in [4.78, 5) is 2.72. The summed E-state index contributed by atoms with van der Waals surface area (Å²) in [5.74, 6) is 0.775. The fraction of sp³-hybridized carbons (Fsp3) is 0.938. The highest BCUT2D eigenvalue weighted by atomic mass is 15.2. The Kier molecular flexibility index (Phi) is 4.86. The molecule has 2 aliphatic carbocycles. The molecule has 0 aromatic rings. The molecule has 2 saturated carbocycles. The molecule has 0 aromatic carbocycles. The first-order valence-corrected chi connectivity index (χ1v) is 8.02. The Morgan fingerprint density at radius 1 is 1.32 bits per heavy atom. The lowest BCUT2D eigenvalue weighted by Gasteiger charge is -2.31. The van der Waals surface area contributed by atoms with Gasteiger partial charge in [-0.25, -0.2) is 0 Å². The van der Waals surface area contributed by atoms with Gasteiger partial charge in [-0.2, -0.15) is 5.26 Å². The van der Waals surface area contributed by atoms with Crippen LogP contribution >= 0.6 is 0 Å². The molecule has 3 nitrogen and oxygen atoms in total. The van der Waals surface area contributed by atoms with E-state index in [1.807, 2.05) is 0 Å². The topological polar surface area (TPSA) is 39.1 Å². The minimum absolute atomic E-state index is 0.246. The van der Waals surface area contributed by atoms with Gasteiger partial charge in [-0.1, -0.05) is 20.8 Å². The Labute approximate surface area is 118 Å². The Hall–Kier alpha value is -0.590. The molecule has 2 aliphatic rings. The minimum Gasteiger partial charge on any atom is -0.300 e. The van der Waals surface area contributed by atoms with Crippen LogP contribution in [0.15, 0.2) is 0 Å². The third kappa shape index (κ3) is 3.70. The highest BCUT2D eigenvalue weighted by Gasteiger charge is 2.44. The lowest BCUT2D eigenvalue weighted by Crippen LogP contribution is -2.44. The summed E-state index contributed by atoms with van der Waals surface area (Å²) in [6, 6.07) is 4.00. The summed E-state index contributed by atoms with van der Waals surface area (Å²) in [5, 5.41) is 12.9. The predicted molar refractivity (Wildman–Crippen MR) is 78.8 cm³/mol. The van der Waals surface area contributed by atoms with E-state index in [4.69, 9.17) is 0 Å². The van der Waals surface area contributed by atoms with Crippen molar-refractivity contribution in [2.45, 2.75) is 76.9 Å². The summed E-state index contributed by atoms with van der Waals surface area (Å²) < 4.78 is 0. The second-order valence-electron chi connectivity index (χ2n) is 6.77. The molecule has 0 saturated heterocycles. The van der Waals surface area contributed by atoms with Crippen LogP contribution in [0, 0.1) is 17.2 Å². The van der Waals surface area contributed by atoms with E-state index in [-0.39, 0.29) is 5.54 Å². The maximum absolute atomic E-state index is 9.49. The van der Waals surface area contributed by atoms with Crippen molar-refractivity contribution < 1.29 is 0 Å². The smallest absolute Gasteiger partial charge is 0.108 e. The number of hydrogen-bond acceptors (Lipinski definition) is 3. The minimum atomic E-state index is -0.246. The van der Waals surface area contributed by atoms with Gasteiger partial charge in [0.15, 0.2) is 0 Å². The van der Waals surface area contributed by atoms with Crippen LogP contribution in [0.2, 0.25) is 0 Å². The van der Waals surface area contributed by atoms with Gasteiger partial charge in [0.2, 0.25) is 0 Å². The van der Waals surface area contributed by atoms with Gasteiger partial charge in [0.05, 0.1) is 6.07 Å². The largest absolute Gasteiger partial charge is 0.300 e. The predicted octanol–water partition coefficient (Wildman–Crippen LogP) is 2.92. The van der Waals surface area contributed by atoms with Crippen LogP contribution in [0.5, 0.6) is 0 Å². The maximum Gasteiger partial charge on any atom is 0.108 e. The summed E-state index contributed by atoms with van der Waals surface area (Å²) in [7, 11) is 0. The molecular formula is C16H29N3. The molecule has 0 bridgehead atoms. The molecule has 2 unspecified atom stereocenters. The van der Waals surface area contributed by atoms with E-state index >= 15 is 0 Å². The molecular weight excluding hydrogens is 234 g/mol. The molecule has 0 aliphatic heterocycles. The highest BCUT2D eigenvalue weighted by Crippen LogP contribution is 2.38. The highest BCUT2D eigenvalue weighted by molar-refractivity contribution is 5.14. The third-order valence-electron chi connectivity index (χ3n) is 4.67. The Morgan fingerprint density at radius 2 is 2.05 bits per heavy atom. The van der Waals surface area contributed by atoms with E-state index in [2.05, 4.69) is 37.1 Å². The fourth-order valence-electron chi connectivity index (χ4n) is 3.42. The average Bonchev–Trinajstić information content (AvgIpc) is 3.12. The van der Waals surface area contributed by atoms with Gasteiger partial charge >= 0.3 is 0 Å². The molecule has 1 N–H and O–H groups in total. The van der Waals surface area contributed by atoms with Gasteiger partial charge in [-0.05, 0) is 57.5 Å². The van der Waals surface area contributed by atoms with Crippen LogP contribution < -0.4 is 5.32 Å². The van der Waals surface area contributed by atoms with Crippen molar-refractivity contribution in [2.75, 3.05) is 13.1 Å². The van der Waals surface area contributed by atoms with Gasteiger partial charge in [0.1, 0.15) is 5.54 Å². The van der Waals surface area contributed by atoms with Gasteiger partial charge in [-0.3, -0.25) is 10.2 Å². The van der Waals surface area contributed by atoms with Crippen LogP contribution in [-0.2, 0) is 0 Å². The lowest BCUT2D eigenvalue weighted by molar-refractivity contribution is 0.173. The van der Waals surface area contributed by atoms with Crippen molar-refractivity contribution in [2.24, 2.45) is 5.92 Å². The molecule has 108 valence electrons. The van der Waals surface area contributed by atoms with Crippen molar-refractivity contribution in [3.8, 4) is 6.07 Å². The Balaban J connectivity index is 1.94. The van der Waals surface area contributed by atoms with Crippen molar-refractivity contribution >= 4 is 0 Å². The number of hydrogen-bond donors (Lipinski definition) is 1. The molecule has 0 amide bonds. The second-order valence-corrected chi connectivity index (χ2v) is 6.77. The van der Waals surface area contributed by atoms with E-state index in [9.17, 15) is 5.26 Å². The van der Waals surface area contributed by atoms with Gasteiger partial charge < -0.3 is 0 Å². The first-order chi connectivity index (χ1) is 9.10. The van der Waals surface area contributed by atoms with Gasteiger partial charge in [0.25, 0.3) is 0 Å². The van der Waals surface area contributed by atoms with Crippen molar-refractivity contribution in [3.05, 3.63) is 0 Å². The molecule has 2 fully saturated rings. The molecule has 3 heteroatoms. The maximum atomic E-state index is 9.49. The molecule has 0 aromatic heterocycles. The van der Waals surface area contributed by atoms with Crippen molar-refractivity contribution in [1.82, 2.24) is 10.2 Å². The normalized spacial score (nSPS) is 31.1. The summed E-state index contributed by atoms with van der Waals surface area (Å²) >= 11 is 0. The molecule has 0 radical (unpaired) electrons. The van der Waals surface area contributed by atoms with Crippen LogP contribution in [0.1, 0.15) is 59.3 Å². The van der Waals surface area contributed by atoms with Crippen LogP contribution in [0.3, 0.4) is 0 Å². The van der Waals surface area contributed by atoms with E-state index in [1.54, 1.807) is 0 Å². The van der Waals surface area contributed by atoms with Crippen LogP contribution in [0.25, 0.3) is 0 Å². The zero-order valence-corrected chi connectivity index (χ0v) is 12.8. The molecule has 0 spiro atoms. The number of nitrogens with one attached hydrogen (secondary N) is 1. The number of rotatable bonds is 7. The van der Waals surface area contributed by atoms with Gasteiger partial charge in [0, 0.05) is 12.1 Å². The zero-order chi connectivity index (χ0) is 13.9. The first-order valence-electron chi connectivity index (χ1n) is 8.02.